The Morgan fingerprint density at radius 3 is 2.60 bits per heavy atom. The third-order valence-corrected chi connectivity index (χ3v) is 9.78. The lowest BCUT2D eigenvalue weighted by atomic mass is 10.0. The van der Waals surface area contributed by atoms with E-state index in [0.29, 0.717) is 30.5 Å². The molecule has 0 bridgehead atoms. The zero-order chi connectivity index (χ0) is 35.9. The predicted octanol–water partition coefficient (Wildman–Crippen LogP) is 3.17. The van der Waals surface area contributed by atoms with Gasteiger partial charge < -0.3 is 30.3 Å². The molecule has 2 fully saturated rings. The van der Waals surface area contributed by atoms with E-state index >= 15 is 0 Å². The van der Waals surface area contributed by atoms with Crippen LogP contribution in [-0.4, -0.2) is 89.3 Å². The van der Waals surface area contributed by atoms with Gasteiger partial charge in [0.2, 0.25) is 0 Å². The fourth-order valence-corrected chi connectivity index (χ4v) is 7.31. The summed E-state index contributed by atoms with van der Waals surface area (Å²) in [7, 11) is 1.27. The average Bonchev–Trinajstić information content (AvgIpc) is 3.70. The maximum Gasteiger partial charge on any atom is 0.355 e. The van der Waals surface area contributed by atoms with Gasteiger partial charge in [-0.2, -0.15) is 0 Å². The second-order valence-electron chi connectivity index (χ2n) is 11.8. The van der Waals surface area contributed by atoms with Gasteiger partial charge in [-0.05, 0) is 42.5 Å². The third kappa shape index (κ3) is 7.91. The van der Waals surface area contributed by atoms with Gasteiger partial charge in [0, 0.05) is 28.9 Å². The molecule has 3 amide bonds. The van der Waals surface area contributed by atoms with Crippen molar-refractivity contribution in [3.63, 3.8) is 0 Å². The van der Waals surface area contributed by atoms with Crippen LogP contribution in [0.2, 0.25) is 0 Å². The Labute approximate surface area is 297 Å². The fraction of sp³-hybridized carbons (Fsp3) is 0.382. The molecular formula is C34H38N6O8S2. The van der Waals surface area contributed by atoms with Crippen LogP contribution >= 0.6 is 23.1 Å². The SMILES string of the molecule is CCC=C(COC(=O)C1=C(C=C2CCN(c3ccccc3)C2=O)CSC2C(NC(=O)C(=NOC)c3csc(N)n3)C(=O)N12)C(=O)OCC(C)C. The number of allylic oxidation sites excluding steroid dienone is 2. The van der Waals surface area contributed by atoms with Crippen molar-refractivity contribution in [3.05, 3.63) is 76.0 Å². The number of anilines is 2. The number of hydrogen-bond donors (Lipinski definition) is 2. The molecular weight excluding hydrogens is 685 g/mol. The normalized spacial score (nSPS) is 20.2. The molecule has 0 aliphatic carbocycles. The van der Waals surface area contributed by atoms with E-state index in [4.69, 9.17) is 20.0 Å². The summed E-state index contributed by atoms with van der Waals surface area (Å²) in [5.41, 5.74) is 7.48. The van der Waals surface area contributed by atoms with Crippen molar-refractivity contribution in [2.45, 2.75) is 45.0 Å². The summed E-state index contributed by atoms with van der Waals surface area (Å²) in [5, 5.41) is 7.54. The van der Waals surface area contributed by atoms with Gasteiger partial charge in [0.1, 0.15) is 36.5 Å². The zero-order valence-electron chi connectivity index (χ0n) is 28.0. The monoisotopic (exact) mass is 722 g/mol. The molecule has 1 aromatic heterocycles. The Hall–Kier alpha value is -4.96. The molecule has 2 unspecified atom stereocenters. The minimum absolute atomic E-state index is 0.0628. The third-order valence-electron chi connectivity index (χ3n) is 7.80. The van der Waals surface area contributed by atoms with Gasteiger partial charge >= 0.3 is 11.9 Å². The Morgan fingerprint density at radius 1 is 1.18 bits per heavy atom. The van der Waals surface area contributed by atoms with Crippen LogP contribution in [0, 0.1) is 5.92 Å². The van der Waals surface area contributed by atoms with E-state index in [2.05, 4.69) is 15.5 Å². The summed E-state index contributed by atoms with van der Waals surface area (Å²) in [6.07, 6.45) is 4.18. The number of nitrogens with zero attached hydrogens (tertiary/aromatic N) is 4. The van der Waals surface area contributed by atoms with Gasteiger partial charge in [-0.1, -0.05) is 50.2 Å². The van der Waals surface area contributed by atoms with Crippen molar-refractivity contribution >= 4 is 69.3 Å². The van der Waals surface area contributed by atoms with Crippen LogP contribution in [0.4, 0.5) is 10.8 Å². The Kier molecular flexibility index (Phi) is 11.7. The second kappa shape index (κ2) is 16.2. The number of amides is 3. The fourth-order valence-electron chi connectivity index (χ4n) is 5.45. The van der Waals surface area contributed by atoms with Crippen LogP contribution in [-0.2, 0) is 38.3 Å². The van der Waals surface area contributed by atoms with Crippen LogP contribution in [0.5, 0.6) is 0 Å². The maximum absolute atomic E-state index is 13.9. The predicted molar refractivity (Wildman–Crippen MR) is 189 cm³/mol. The van der Waals surface area contributed by atoms with Crippen molar-refractivity contribution in [2.75, 3.05) is 43.3 Å². The molecule has 2 aromatic rings. The first-order chi connectivity index (χ1) is 24.0. The lowest BCUT2D eigenvalue weighted by molar-refractivity contribution is -0.152. The number of oxime groups is 1. The first kappa shape index (κ1) is 36.3. The highest BCUT2D eigenvalue weighted by molar-refractivity contribution is 8.00. The smallest absolute Gasteiger partial charge is 0.355 e. The summed E-state index contributed by atoms with van der Waals surface area (Å²) in [6.45, 7) is 5.92. The Bertz CT molecular complexity index is 1780. The number of nitrogen functional groups attached to an aromatic ring is 1. The molecule has 3 N–H and O–H groups in total. The number of thioether (sulfide) groups is 1. The summed E-state index contributed by atoms with van der Waals surface area (Å²) in [6, 6.07) is 8.23. The molecule has 3 aliphatic rings. The quantitative estimate of drug-likeness (QED) is 0.102. The number of carbonyl (C=O) groups excluding carboxylic acids is 5. The van der Waals surface area contributed by atoms with Crippen LogP contribution in [0.15, 0.2) is 75.4 Å². The van der Waals surface area contributed by atoms with Crippen LogP contribution in [0.3, 0.4) is 0 Å². The number of benzene rings is 1. The molecule has 14 nitrogen and oxygen atoms in total. The number of nitrogens with one attached hydrogen (secondary N) is 1. The van der Waals surface area contributed by atoms with Crippen molar-refractivity contribution in [1.82, 2.24) is 15.2 Å². The second-order valence-corrected chi connectivity index (χ2v) is 13.8. The largest absolute Gasteiger partial charge is 0.462 e. The van der Waals surface area contributed by atoms with Crippen molar-refractivity contribution in [1.29, 1.82) is 0 Å². The number of carbonyl (C=O) groups is 5. The van der Waals surface area contributed by atoms with Gasteiger partial charge in [0.25, 0.3) is 17.7 Å². The molecule has 0 spiro atoms. The first-order valence-corrected chi connectivity index (χ1v) is 17.9. The highest BCUT2D eigenvalue weighted by Crippen LogP contribution is 2.42. The molecule has 50 heavy (non-hydrogen) atoms. The van der Waals surface area contributed by atoms with Gasteiger partial charge in [-0.15, -0.1) is 23.1 Å². The van der Waals surface area contributed by atoms with Crippen molar-refractivity contribution in [3.8, 4) is 0 Å². The highest BCUT2D eigenvalue weighted by Gasteiger charge is 2.54. The molecule has 2 atom stereocenters. The standard InChI is InChI=1S/C34H38N6O8S2/c1-5-9-21(32(44)47-15-19(2)3)16-48-33(45)27-22(14-20-12-13-39(29(20)42)23-10-7-6-8-11-23)17-49-31-26(30(43)40(27)31)37-28(41)25(38-46-4)24-18-50-34(35)36-24/h6-11,14,18-19,26,31H,5,12-13,15-17H2,1-4H3,(H2,35,36)(H,37,41). The number of para-hydroxylation sites is 1. The molecule has 0 radical (unpaired) electrons. The van der Waals surface area contributed by atoms with Crippen LogP contribution < -0.4 is 16.0 Å². The van der Waals surface area contributed by atoms with Crippen molar-refractivity contribution in [2.24, 2.45) is 11.1 Å². The van der Waals surface area contributed by atoms with Gasteiger partial charge in [0.05, 0.1) is 12.2 Å². The van der Waals surface area contributed by atoms with Gasteiger partial charge in [-0.25, -0.2) is 14.6 Å². The lowest BCUT2D eigenvalue weighted by Crippen LogP contribution is -2.71. The molecule has 5 rings (SSSR count). The van der Waals surface area contributed by atoms with E-state index in [-0.39, 0.29) is 58.6 Å². The first-order valence-electron chi connectivity index (χ1n) is 16.0. The van der Waals surface area contributed by atoms with E-state index < -0.39 is 35.2 Å². The summed E-state index contributed by atoms with van der Waals surface area (Å²) in [5.74, 6) is -2.62. The number of thiazole rings is 1. The molecule has 2 saturated heterocycles. The number of β-lactam (4-membered cyclic amide) rings is 1. The molecule has 4 heterocycles. The number of fused-ring (bicyclic) bond motifs is 1. The maximum atomic E-state index is 13.9. The number of ether oxygens (including phenoxy) is 2. The highest BCUT2D eigenvalue weighted by atomic mass is 32.2. The topological polar surface area (TPSA) is 183 Å². The number of aromatic nitrogens is 1. The number of hydrogen-bond acceptors (Lipinski definition) is 13. The minimum atomic E-state index is -1.02. The summed E-state index contributed by atoms with van der Waals surface area (Å²) >= 11 is 2.43. The lowest BCUT2D eigenvalue weighted by Gasteiger charge is -2.49. The van der Waals surface area contributed by atoms with Gasteiger partial charge in [-0.3, -0.25) is 19.3 Å². The molecule has 0 saturated carbocycles. The van der Waals surface area contributed by atoms with Gasteiger partial charge in [0.15, 0.2) is 10.8 Å². The van der Waals surface area contributed by atoms with E-state index in [1.807, 2.05) is 51.1 Å². The van der Waals surface area contributed by atoms with Crippen LogP contribution in [0.25, 0.3) is 0 Å². The van der Waals surface area contributed by atoms with Crippen LogP contribution in [0.1, 0.15) is 39.3 Å². The van der Waals surface area contributed by atoms with E-state index in [1.54, 1.807) is 17.1 Å². The number of esters is 2. The molecule has 264 valence electrons. The molecule has 3 aliphatic heterocycles. The number of rotatable bonds is 13. The zero-order valence-corrected chi connectivity index (χ0v) is 29.7. The Morgan fingerprint density at radius 2 is 1.94 bits per heavy atom. The molecule has 1 aromatic carbocycles. The number of nitrogens with two attached hydrogens (primary N) is 1. The average molecular weight is 723 g/mol. The Balaban J connectivity index is 1.41. The summed E-state index contributed by atoms with van der Waals surface area (Å²) < 4.78 is 11.0. The van der Waals surface area contributed by atoms with E-state index in [1.165, 1.54) is 29.2 Å². The van der Waals surface area contributed by atoms with Crippen molar-refractivity contribution < 1.29 is 38.3 Å². The molecule has 16 heteroatoms. The minimum Gasteiger partial charge on any atom is -0.462 e. The summed E-state index contributed by atoms with van der Waals surface area (Å²) in [4.78, 5) is 78.9. The van der Waals surface area contributed by atoms with E-state index in [0.717, 1.165) is 17.0 Å². The van der Waals surface area contributed by atoms with E-state index in [9.17, 15) is 24.0 Å².